The number of benzene rings is 1. The van der Waals surface area contributed by atoms with Crippen LogP contribution in [0.15, 0.2) is 43.0 Å². The highest BCUT2D eigenvalue weighted by molar-refractivity contribution is 5.64. The molecule has 0 saturated carbocycles. The quantitative estimate of drug-likeness (QED) is 0.725. The van der Waals surface area contributed by atoms with Gasteiger partial charge < -0.3 is 0 Å². The lowest BCUT2D eigenvalue weighted by Crippen LogP contribution is -1.94. The van der Waals surface area contributed by atoms with E-state index in [1.54, 1.807) is 18.5 Å². The molecule has 2 aromatic heterocycles. The number of hydrogen-bond donors (Lipinski definition) is 0. The topological polar surface area (TPSA) is 75.3 Å². The maximum absolute atomic E-state index is 13.9. The molecule has 3 aromatic rings. The fourth-order valence-corrected chi connectivity index (χ4v) is 1.97. The maximum Gasteiger partial charge on any atom is 0.232 e. The monoisotopic (exact) mass is 291 g/mol. The van der Waals surface area contributed by atoms with Crippen molar-refractivity contribution in [3.63, 3.8) is 0 Å². The van der Waals surface area contributed by atoms with Crippen molar-refractivity contribution in [1.29, 1.82) is 5.26 Å². The zero-order valence-corrected chi connectivity index (χ0v) is 11.7. The van der Waals surface area contributed by atoms with Gasteiger partial charge in [-0.15, -0.1) is 0 Å². The van der Waals surface area contributed by atoms with Gasteiger partial charge in [0.25, 0.3) is 0 Å². The summed E-state index contributed by atoms with van der Waals surface area (Å²) in [7, 11) is 0. The molecule has 0 aliphatic rings. The highest BCUT2D eigenvalue weighted by Gasteiger charge is 2.08. The van der Waals surface area contributed by atoms with E-state index in [-0.39, 0.29) is 11.6 Å². The number of hydrogen-bond acceptors (Lipinski definition) is 5. The van der Waals surface area contributed by atoms with Crippen LogP contribution in [0.2, 0.25) is 0 Å². The molecular weight excluding hydrogens is 281 g/mol. The molecule has 0 aliphatic heterocycles. The minimum absolute atomic E-state index is 0.0853. The van der Waals surface area contributed by atoms with Gasteiger partial charge in [0.2, 0.25) is 5.82 Å². The van der Waals surface area contributed by atoms with Gasteiger partial charge in [0.05, 0.1) is 5.56 Å². The van der Waals surface area contributed by atoms with Crippen molar-refractivity contribution in [3.05, 3.63) is 60.2 Å². The van der Waals surface area contributed by atoms with E-state index in [4.69, 9.17) is 5.26 Å². The van der Waals surface area contributed by atoms with E-state index in [2.05, 4.69) is 19.9 Å². The van der Waals surface area contributed by atoms with Gasteiger partial charge in [0, 0.05) is 35.9 Å². The first-order chi connectivity index (χ1) is 10.7. The van der Waals surface area contributed by atoms with Crippen molar-refractivity contribution >= 4 is 0 Å². The van der Waals surface area contributed by atoms with Crippen molar-refractivity contribution < 1.29 is 4.39 Å². The van der Waals surface area contributed by atoms with Gasteiger partial charge >= 0.3 is 0 Å². The third kappa shape index (κ3) is 2.65. The predicted molar refractivity (Wildman–Crippen MR) is 77.9 cm³/mol. The lowest BCUT2D eigenvalue weighted by atomic mass is 10.1. The van der Waals surface area contributed by atoms with Crippen LogP contribution in [0.3, 0.4) is 0 Å². The van der Waals surface area contributed by atoms with Crippen LogP contribution in [0.25, 0.3) is 22.5 Å². The molecule has 0 saturated heterocycles. The van der Waals surface area contributed by atoms with Crippen LogP contribution in [-0.4, -0.2) is 19.9 Å². The standard InChI is InChI=1S/C16H10FN5/c1-10-2-3-13(14(17)4-10)11-6-21-16(22-7-11)12-8-19-15(5-18)20-9-12/h2-4,6-9H,1H3. The summed E-state index contributed by atoms with van der Waals surface area (Å²) >= 11 is 0. The molecule has 0 amide bonds. The van der Waals surface area contributed by atoms with E-state index >= 15 is 0 Å². The largest absolute Gasteiger partial charge is 0.236 e. The molecular formula is C16H10FN5. The zero-order valence-electron chi connectivity index (χ0n) is 11.7. The van der Waals surface area contributed by atoms with Crippen LogP contribution >= 0.6 is 0 Å². The fourth-order valence-electron chi connectivity index (χ4n) is 1.97. The zero-order chi connectivity index (χ0) is 15.5. The fraction of sp³-hybridized carbons (Fsp3) is 0.0625. The third-order valence-electron chi connectivity index (χ3n) is 3.10. The average Bonchev–Trinajstić information content (AvgIpc) is 2.55. The summed E-state index contributed by atoms with van der Waals surface area (Å²) < 4.78 is 13.9. The molecule has 3 rings (SSSR count). The van der Waals surface area contributed by atoms with Crippen LogP contribution in [0, 0.1) is 24.1 Å². The Hall–Kier alpha value is -3.20. The van der Waals surface area contributed by atoms with Gasteiger partial charge in [-0.05, 0) is 18.6 Å². The first kappa shape index (κ1) is 13.8. The molecule has 0 radical (unpaired) electrons. The van der Waals surface area contributed by atoms with Crippen molar-refractivity contribution in [3.8, 4) is 28.6 Å². The van der Waals surface area contributed by atoms with Crippen molar-refractivity contribution in [1.82, 2.24) is 19.9 Å². The van der Waals surface area contributed by atoms with Gasteiger partial charge in [0.15, 0.2) is 5.82 Å². The van der Waals surface area contributed by atoms with Crippen molar-refractivity contribution in [2.75, 3.05) is 0 Å². The molecule has 0 N–H and O–H groups in total. The Bertz CT molecular complexity index is 851. The van der Waals surface area contributed by atoms with Crippen LogP contribution in [0.5, 0.6) is 0 Å². The minimum atomic E-state index is -0.307. The van der Waals surface area contributed by atoms with Crippen LogP contribution in [-0.2, 0) is 0 Å². The number of nitrogens with zero attached hydrogens (tertiary/aromatic N) is 5. The normalized spacial score (nSPS) is 10.2. The van der Waals surface area contributed by atoms with Crippen molar-refractivity contribution in [2.45, 2.75) is 6.92 Å². The Morgan fingerprint density at radius 1 is 0.955 bits per heavy atom. The van der Waals surface area contributed by atoms with Gasteiger partial charge in [0.1, 0.15) is 11.9 Å². The Labute approximate surface area is 126 Å². The summed E-state index contributed by atoms with van der Waals surface area (Å²) in [4.78, 5) is 16.1. The number of halogens is 1. The molecule has 1 aromatic carbocycles. The Balaban J connectivity index is 1.93. The molecule has 2 heterocycles. The number of nitriles is 1. The highest BCUT2D eigenvalue weighted by Crippen LogP contribution is 2.23. The van der Waals surface area contributed by atoms with E-state index in [9.17, 15) is 4.39 Å². The minimum Gasteiger partial charge on any atom is -0.236 e. The summed E-state index contributed by atoms with van der Waals surface area (Å²) in [5.41, 5.74) is 2.49. The summed E-state index contributed by atoms with van der Waals surface area (Å²) in [5.74, 6) is 0.195. The molecule has 0 unspecified atom stereocenters. The SMILES string of the molecule is Cc1ccc(-c2cnc(-c3cnc(C#N)nc3)nc2)c(F)c1. The Morgan fingerprint density at radius 3 is 2.18 bits per heavy atom. The molecule has 22 heavy (non-hydrogen) atoms. The van der Waals surface area contributed by atoms with Gasteiger partial charge in [-0.1, -0.05) is 12.1 Å². The lowest BCUT2D eigenvalue weighted by molar-refractivity contribution is 0.630. The van der Waals surface area contributed by atoms with E-state index in [1.165, 1.54) is 18.5 Å². The molecule has 5 nitrogen and oxygen atoms in total. The first-order valence-corrected chi connectivity index (χ1v) is 6.48. The lowest BCUT2D eigenvalue weighted by Gasteiger charge is -2.05. The van der Waals surface area contributed by atoms with Crippen LogP contribution in [0.1, 0.15) is 11.4 Å². The maximum atomic E-state index is 13.9. The Morgan fingerprint density at radius 2 is 1.59 bits per heavy atom. The molecule has 6 heteroatoms. The highest BCUT2D eigenvalue weighted by atomic mass is 19.1. The predicted octanol–water partition coefficient (Wildman–Crippen LogP) is 2.92. The van der Waals surface area contributed by atoms with E-state index in [0.29, 0.717) is 22.5 Å². The van der Waals surface area contributed by atoms with E-state index in [1.807, 2.05) is 19.1 Å². The van der Waals surface area contributed by atoms with Gasteiger partial charge in [-0.2, -0.15) is 5.26 Å². The average molecular weight is 291 g/mol. The van der Waals surface area contributed by atoms with E-state index < -0.39 is 0 Å². The third-order valence-corrected chi connectivity index (χ3v) is 3.10. The second-order valence-corrected chi connectivity index (χ2v) is 4.69. The summed E-state index contributed by atoms with van der Waals surface area (Å²) in [5, 5.41) is 8.67. The Kier molecular flexibility index (Phi) is 3.54. The van der Waals surface area contributed by atoms with Gasteiger partial charge in [-0.3, -0.25) is 0 Å². The van der Waals surface area contributed by atoms with E-state index in [0.717, 1.165) is 5.56 Å². The smallest absolute Gasteiger partial charge is 0.232 e. The number of rotatable bonds is 2. The summed E-state index contributed by atoms with van der Waals surface area (Å²) in [6.45, 7) is 1.83. The van der Waals surface area contributed by atoms with Crippen molar-refractivity contribution in [2.24, 2.45) is 0 Å². The molecule has 0 spiro atoms. The molecule has 0 fully saturated rings. The number of aromatic nitrogens is 4. The summed E-state index contributed by atoms with van der Waals surface area (Å²) in [6.07, 6.45) is 6.06. The second kappa shape index (κ2) is 5.66. The first-order valence-electron chi connectivity index (χ1n) is 6.48. The molecule has 0 atom stereocenters. The molecule has 0 bridgehead atoms. The number of aryl methyl sites for hydroxylation is 1. The molecule has 106 valence electrons. The second-order valence-electron chi connectivity index (χ2n) is 4.69. The van der Waals surface area contributed by atoms with Crippen LogP contribution < -0.4 is 0 Å². The van der Waals surface area contributed by atoms with Crippen LogP contribution in [0.4, 0.5) is 4.39 Å². The molecule has 0 aliphatic carbocycles. The summed E-state index contributed by atoms with van der Waals surface area (Å²) in [6, 6.07) is 6.85. The van der Waals surface area contributed by atoms with Gasteiger partial charge in [-0.25, -0.2) is 24.3 Å².